The lowest BCUT2D eigenvalue weighted by molar-refractivity contribution is 0.317. The molecule has 0 heterocycles. The van der Waals surface area contributed by atoms with Crippen molar-refractivity contribution in [2.45, 2.75) is 65.3 Å². The average Bonchev–Trinajstić information content (AvgIpc) is 1.96. The van der Waals surface area contributed by atoms with Crippen molar-refractivity contribution in [2.24, 2.45) is 11.7 Å². The molecule has 0 aliphatic heterocycles. The van der Waals surface area contributed by atoms with Crippen molar-refractivity contribution in [3.8, 4) is 0 Å². The van der Waals surface area contributed by atoms with Crippen molar-refractivity contribution in [2.75, 3.05) is 0 Å². The Bertz CT molecular complexity index is 107. The van der Waals surface area contributed by atoms with E-state index in [1.54, 1.807) is 0 Å². The lowest BCUT2D eigenvalue weighted by atomic mass is 9.86. The average molecular weight is 189 g/mol. The van der Waals surface area contributed by atoms with E-state index < -0.39 is 0 Å². The third kappa shape index (κ3) is 8.26. The molecule has 2 nitrogen and oxygen atoms in total. The van der Waals surface area contributed by atoms with Crippen LogP contribution in [0.15, 0.2) is 0 Å². The fourth-order valence-electron chi connectivity index (χ4n) is 1.25. The SMILES string of the molecule is CCCCCCC(C)C(C)(C)N.O. The van der Waals surface area contributed by atoms with Crippen LogP contribution in [-0.4, -0.2) is 11.0 Å². The van der Waals surface area contributed by atoms with Crippen LogP contribution in [0.2, 0.25) is 0 Å². The van der Waals surface area contributed by atoms with Gasteiger partial charge in [-0.1, -0.05) is 39.5 Å². The normalized spacial score (nSPS) is 13.6. The maximum atomic E-state index is 5.99. The van der Waals surface area contributed by atoms with E-state index in [0.29, 0.717) is 5.92 Å². The highest BCUT2D eigenvalue weighted by molar-refractivity contribution is 4.78. The van der Waals surface area contributed by atoms with Crippen LogP contribution in [-0.2, 0) is 0 Å². The van der Waals surface area contributed by atoms with Gasteiger partial charge in [0.05, 0.1) is 0 Å². The Morgan fingerprint density at radius 1 is 1.15 bits per heavy atom. The van der Waals surface area contributed by atoms with Gasteiger partial charge in [0.25, 0.3) is 0 Å². The van der Waals surface area contributed by atoms with Gasteiger partial charge < -0.3 is 11.2 Å². The van der Waals surface area contributed by atoms with Crippen LogP contribution in [0.25, 0.3) is 0 Å². The molecule has 4 N–H and O–H groups in total. The lowest BCUT2D eigenvalue weighted by Gasteiger charge is -2.27. The second-order valence-electron chi connectivity index (χ2n) is 4.57. The molecular formula is C11H27NO. The van der Waals surface area contributed by atoms with Crippen LogP contribution in [0.5, 0.6) is 0 Å². The van der Waals surface area contributed by atoms with E-state index in [1.807, 2.05) is 0 Å². The third-order valence-electron chi connectivity index (χ3n) is 2.76. The minimum absolute atomic E-state index is 0. The Hall–Kier alpha value is -0.0800. The van der Waals surface area contributed by atoms with Crippen molar-refractivity contribution in [3.05, 3.63) is 0 Å². The summed E-state index contributed by atoms with van der Waals surface area (Å²) in [6.45, 7) is 8.75. The fraction of sp³-hybridized carbons (Fsp3) is 1.00. The van der Waals surface area contributed by atoms with Crippen molar-refractivity contribution in [1.29, 1.82) is 0 Å². The molecule has 0 radical (unpaired) electrons. The largest absolute Gasteiger partial charge is 0.412 e. The highest BCUT2D eigenvalue weighted by atomic mass is 16.0. The molecule has 0 rings (SSSR count). The summed E-state index contributed by atoms with van der Waals surface area (Å²) in [6.07, 6.45) is 6.69. The molecule has 82 valence electrons. The molecule has 0 saturated heterocycles. The minimum Gasteiger partial charge on any atom is -0.412 e. The van der Waals surface area contributed by atoms with Crippen molar-refractivity contribution in [3.63, 3.8) is 0 Å². The molecule has 0 aromatic carbocycles. The van der Waals surface area contributed by atoms with E-state index in [4.69, 9.17) is 5.73 Å². The van der Waals surface area contributed by atoms with E-state index >= 15 is 0 Å². The van der Waals surface area contributed by atoms with Gasteiger partial charge in [-0.05, 0) is 26.2 Å². The topological polar surface area (TPSA) is 57.5 Å². The maximum Gasteiger partial charge on any atom is 0.0123 e. The summed E-state index contributed by atoms with van der Waals surface area (Å²) in [6, 6.07) is 0. The quantitative estimate of drug-likeness (QED) is 0.641. The lowest BCUT2D eigenvalue weighted by Crippen LogP contribution is -2.39. The van der Waals surface area contributed by atoms with Gasteiger partial charge in [-0.25, -0.2) is 0 Å². The first kappa shape index (κ1) is 15.4. The van der Waals surface area contributed by atoms with E-state index in [2.05, 4.69) is 27.7 Å². The van der Waals surface area contributed by atoms with Gasteiger partial charge in [0.2, 0.25) is 0 Å². The van der Waals surface area contributed by atoms with Gasteiger partial charge in [0.1, 0.15) is 0 Å². The van der Waals surface area contributed by atoms with E-state index in [0.717, 1.165) is 0 Å². The zero-order chi connectivity index (χ0) is 9.61. The summed E-state index contributed by atoms with van der Waals surface area (Å²) in [5, 5.41) is 0. The van der Waals surface area contributed by atoms with Crippen LogP contribution in [0.1, 0.15) is 59.8 Å². The summed E-state index contributed by atoms with van der Waals surface area (Å²) < 4.78 is 0. The Morgan fingerprint density at radius 3 is 2.08 bits per heavy atom. The molecule has 0 amide bonds. The van der Waals surface area contributed by atoms with E-state index in [-0.39, 0.29) is 11.0 Å². The molecule has 0 aromatic rings. The first-order valence-corrected chi connectivity index (χ1v) is 5.27. The zero-order valence-electron chi connectivity index (χ0n) is 9.69. The van der Waals surface area contributed by atoms with Crippen molar-refractivity contribution >= 4 is 0 Å². The standard InChI is InChI=1S/C11H25N.H2O/c1-5-6-7-8-9-10(2)11(3,4)12;/h10H,5-9,12H2,1-4H3;1H2. The summed E-state index contributed by atoms with van der Waals surface area (Å²) in [4.78, 5) is 0. The Kier molecular flexibility index (Phi) is 8.69. The third-order valence-corrected chi connectivity index (χ3v) is 2.76. The molecule has 0 fully saturated rings. The molecule has 0 saturated carbocycles. The van der Waals surface area contributed by atoms with Gasteiger partial charge in [-0.3, -0.25) is 0 Å². The van der Waals surface area contributed by atoms with Crippen LogP contribution in [0, 0.1) is 5.92 Å². The number of hydrogen-bond donors (Lipinski definition) is 1. The predicted octanol–water partition coefficient (Wildman–Crippen LogP) is 2.51. The number of rotatable bonds is 6. The molecular weight excluding hydrogens is 162 g/mol. The zero-order valence-corrected chi connectivity index (χ0v) is 9.69. The van der Waals surface area contributed by atoms with Gasteiger partial charge in [0, 0.05) is 5.54 Å². The second-order valence-corrected chi connectivity index (χ2v) is 4.57. The first-order valence-electron chi connectivity index (χ1n) is 5.27. The molecule has 13 heavy (non-hydrogen) atoms. The van der Waals surface area contributed by atoms with Crippen LogP contribution in [0.4, 0.5) is 0 Å². The molecule has 0 aliphatic carbocycles. The molecule has 0 aromatic heterocycles. The molecule has 1 atom stereocenters. The van der Waals surface area contributed by atoms with Gasteiger partial charge >= 0.3 is 0 Å². The van der Waals surface area contributed by atoms with Crippen LogP contribution in [0.3, 0.4) is 0 Å². The van der Waals surface area contributed by atoms with Gasteiger partial charge in [0.15, 0.2) is 0 Å². The Labute approximate surface area is 83.2 Å². The van der Waals surface area contributed by atoms with Crippen LogP contribution < -0.4 is 5.73 Å². The smallest absolute Gasteiger partial charge is 0.0123 e. The molecule has 0 bridgehead atoms. The van der Waals surface area contributed by atoms with Crippen molar-refractivity contribution < 1.29 is 5.48 Å². The van der Waals surface area contributed by atoms with Crippen molar-refractivity contribution in [1.82, 2.24) is 0 Å². The highest BCUT2D eigenvalue weighted by Crippen LogP contribution is 2.19. The predicted molar refractivity (Wildman–Crippen MR) is 59.8 cm³/mol. The molecule has 1 unspecified atom stereocenters. The summed E-state index contributed by atoms with van der Waals surface area (Å²) in [7, 11) is 0. The fourth-order valence-corrected chi connectivity index (χ4v) is 1.25. The van der Waals surface area contributed by atoms with Gasteiger partial charge in [-0.15, -0.1) is 0 Å². The number of unbranched alkanes of at least 4 members (excludes halogenated alkanes) is 3. The Morgan fingerprint density at radius 2 is 1.69 bits per heavy atom. The minimum atomic E-state index is 0. The summed E-state index contributed by atoms with van der Waals surface area (Å²) >= 11 is 0. The first-order chi connectivity index (χ1) is 5.48. The molecule has 2 heteroatoms. The number of nitrogens with two attached hydrogens (primary N) is 1. The second kappa shape index (κ2) is 7.34. The highest BCUT2D eigenvalue weighted by Gasteiger charge is 2.19. The summed E-state index contributed by atoms with van der Waals surface area (Å²) in [5.41, 5.74) is 6.00. The van der Waals surface area contributed by atoms with Crippen LogP contribution >= 0.6 is 0 Å². The molecule has 0 spiro atoms. The van der Waals surface area contributed by atoms with Gasteiger partial charge in [-0.2, -0.15) is 0 Å². The number of hydrogen-bond acceptors (Lipinski definition) is 1. The van der Waals surface area contributed by atoms with E-state index in [1.165, 1.54) is 32.1 Å². The molecule has 0 aliphatic rings. The Balaban J connectivity index is 0. The monoisotopic (exact) mass is 189 g/mol. The van der Waals surface area contributed by atoms with E-state index in [9.17, 15) is 0 Å². The maximum absolute atomic E-state index is 5.99. The summed E-state index contributed by atoms with van der Waals surface area (Å²) in [5.74, 6) is 0.648.